The number of hydrogen-bond acceptors (Lipinski definition) is 3. The second-order valence-corrected chi connectivity index (χ2v) is 8.32. The van der Waals surface area contributed by atoms with E-state index >= 15 is 0 Å². The zero-order chi connectivity index (χ0) is 22.4. The summed E-state index contributed by atoms with van der Waals surface area (Å²) in [6, 6.07) is 14.1. The predicted octanol–water partition coefficient (Wildman–Crippen LogP) is 4.83. The van der Waals surface area contributed by atoms with E-state index in [2.05, 4.69) is 37.1 Å². The minimum Gasteiger partial charge on any atom is -0.497 e. The molecule has 0 bridgehead atoms. The first kappa shape index (κ1) is 22.8. The van der Waals surface area contributed by atoms with Gasteiger partial charge in [-0.1, -0.05) is 25.5 Å². The van der Waals surface area contributed by atoms with Gasteiger partial charge in [0, 0.05) is 24.2 Å². The molecule has 0 atom stereocenters. The fraction of sp³-hybridized carbons (Fsp3) is 0.360. The monoisotopic (exact) mass is 437 g/mol. The Hall–Kier alpha value is -2.86. The highest BCUT2D eigenvalue weighted by atomic mass is 32.1. The number of H-pyrrole nitrogens is 1. The van der Waals surface area contributed by atoms with Crippen LogP contribution in [0.15, 0.2) is 47.3 Å². The Morgan fingerprint density at radius 3 is 2.48 bits per heavy atom. The Bertz CT molecular complexity index is 1110. The second-order valence-electron chi connectivity index (χ2n) is 7.94. The van der Waals surface area contributed by atoms with E-state index in [1.165, 1.54) is 11.1 Å². The molecule has 6 heteroatoms. The van der Waals surface area contributed by atoms with Crippen molar-refractivity contribution in [1.29, 1.82) is 0 Å². The van der Waals surface area contributed by atoms with Crippen LogP contribution in [0.5, 0.6) is 5.75 Å². The number of nitrogens with one attached hydrogen (secondary N) is 2. The van der Waals surface area contributed by atoms with Crippen LogP contribution < -0.4 is 15.6 Å². The maximum atomic E-state index is 12.8. The van der Waals surface area contributed by atoms with Gasteiger partial charge in [0.25, 0.3) is 5.56 Å². The molecule has 1 heterocycles. The Kier molecular flexibility index (Phi) is 7.69. The Labute approximate surface area is 189 Å². The fourth-order valence-corrected chi connectivity index (χ4v) is 3.71. The number of pyridine rings is 1. The minimum atomic E-state index is -0.0770. The average molecular weight is 438 g/mol. The third-order valence-electron chi connectivity index (χ3n) is 5.52. The molecular weight excluding hydrogens is 406 g/mol. The van der Waals surface area contributed by atoms with Gasteiger partial charge < -0.3 is 19.9 Å². The van der Waals surface area contributed by atoms with Gasteiger partial charge in [0.05, 0.1) is 13.7 Å². The standard InChI is InChI=1S/C25H31N3O2S/c1-5-6-11-26-25(31)28(15-19-7-9-22(30-4)10-8-19)16-21-14-20-12-17(2)18(3)13-23(20)27-24(21)29/h7-10,12-14H,5-6,11,15-16H2,1-4H3,(H,26,31)(H,27,29). The van der Waals surface area contributed by atoms with Crippen molar-refractivity contribution in [3.8, 4) is 5.75 Å². The summed E-state index contributed by atoms with van der Waals surface area (Å²) in [4.78, 5) is 17.9. The molecule has 3 aromatic rings. The Morgan fingerprint density at radius 2 is 1.81 bits per heavy atom. The first-order valence-corrected chi connectivity index (χ1v) is 11.1. The molecule has 164 valence electrons. The van der Waals surface area contributed by atoms with Gasteiger partial charge in [-0.2, -0.15) is 0 Å². The molecule has 1 aromatic heterocycles. The molecule has 3 rings (SSSR count). The van der Waals surface area contributed by atoms with Gasteiger partial charge in [0.2, 0.25) is 0 Å². The van der Waals surface area contributed by atoms with Gasteiger partial charge in [-0.15, -0.1) is 0 Å². The highest BCUT2D eigenvalue weighted by Crippen LogP contribution is 2.19. The lowest BCUT2D eigenvalue weighted by atomic mass is 10.0. The number of nitrogens with zero attached hydrogens (tertiary/aromatic N) is 1. The normalized spacial score (nSPS) is 10.8. The molecule has 5 nitrogen and oxygen atoms in total. The van der Waals surface area contributed by atoms with Crippen molar-refractivity contribution in [2.75, 3.05) is 13.7 Å². The number of thiocarbonyl (C=S) groups is 1. The van der Waals surface area contributed by atoms with E-state index < -0.39 is 0 Å². The van der Waals surface area contributed by atoms with Crippen LogP contribution in [0.4, 0.5) is 0 Å². The highest BCUT2D eigenvalue weighted by Gasteiger charge is 2.14. The molecule has 0 saturated heterocycles. The first-order chi connectivity index (χ1) is 14.9. The van der Waals surface area contributed by atoms with E-state index in [1.54, 1.807) is 7.11 Å². The number of unbranched alkanes of at least 4 members (excludes halogenated alkanes) is 1. The van der Waals surface area contributed by atoms with Gasteiger partial charge >= 0.3 is 0 Å². The lowest BCUT2D eigenvalue weighted by Crippen LogP contribution is -2.40. The molecule has 0 radical (unpaired) electrons. The number of aryl methyl sites for hydroxylation is 2. The fourth-order valence-electron chi connectivity index (χ4n) is 3.48. The summed E-state index contributed by atoms with van der Waals surface area (Å²) in [5.41, 5.74) is 4.96. The number of fused-ring (bicyclic) bond motifs is 1. The summed E-state index contributed by atoms with van der Waals surface area (Å²) in [5.74, 6) is 0.815. The summed E-state index contributed by atoms with van der Waals surface area (Å²) in [7, 11) is 1.66. The quantitative estimate of drug-likeness (QED) is 0.390. The molecule has 2 N–H and O–H groups in total. The van der Waals surface area contributed by atoms with Crippen LogP contribution >= 0.6 is 12.2 Å². The first-order valence-electron chi connectivity index (χ1n) is 10.7. The lowest BCUT2D eigenvalue weighted by Gasteiger charge is -2.26. The Balaban J connectivity index is 1.89. The third kappa shape index (κ3) is 5.85. The van der Waals surface area contributed by atoms with Crippen LogP contribution in [0.25, 0.3) is 10.9 Å². The van der Waals surface area contributed by atoms with Gasteiger partial charge in [-0.3, -0.25) is 4.79 Å². The van der Waals surface area contributed by atoms with Crippen molar-refractivity contribution in [3.05, 3.63) is 75.1 Å². The summed E-state index contributed by atoms with van der Waals surface area (Å²) < 4.78 is 5.26. The van der Waals surface area contributed by atoms with Crippen molar-refractivity contribution in [3.63, 3.8) is 0 Å². The van der Waals surface area contributed by atoms with E-state index in [0.29, 0.717) is 23.8 Å². The van der Waals surface area contributed by atoms with Gasteiger partial charge in [-0.05, 0) is 84.9 Å². The van der Waals surface area contributed by atoms with E-state index in [-0.39, 0.29) is 5.56 Å². The van der Waals surface area contributed by atoms with Crippen LogP contribution in [0.3, 0.4) is 0 Å². The molecule has 31 heavy (non-hydrogen) atoms. The van der Waals surface area contributed by atoms with Crippen LogP contribution in [0.1, 0.15) is 42.0 Å². The van der Waals surface area contributed by atoms with Crippen LogP contribution in [0.2, 0.25) is 0 Å². The van der Waals surface area contributed by atoms with Crippen molar-refractivity contribution in [2.24, 2.45) is 0 Å². The minimum absolute atomic E-state index is 0.0770. The summed E-state index contributed by atoms with van der Waals surface area (Å²) in [6.07, 6.45) is 2.14. The van der Waals surface area contributed by atoms with Gasteiger partial charge in [-0.25, -0.2) is 0 Å². The SMILES string of the molecule is CCCCNC(=S)N(Cc1ccc(OC)cc1)Cc1cc2cc(C)c(C)cc2[nH]c1=O. The largest absolute Gasteiger partial charge is 0.497 e. The summed E-state index contributed by atoms with van der Waals surface area (Å²) in [6.45, 7) is 8.15. The number of benzene rings is 2. The average Bonchev–Trinajstić information content (AvgIpc) is 2.75. The van der Waals surface area contributed by atoms with Gasteiger partial charge in [0.1, 0.15) is 5.75 Å². The number of aromatic amines is 1. The maximum absolute atomic E-state index is 12.8. The topological polar surface area (TPSA) is 57.4 Å². The molecule has 0 spiro atoms. The maximum Gasteiger partial charge on any atom is 0.253 e. The number of ether oxygens (including phenoxy) is 1. The lowest BCUT2D eigenvalue weighted by molar-refractivity contribution is 0.395. The van der Waals surface area contributed by atoms with Gasteiger partial charge in [0.15, 0.2) is 5.11 Å². The molecule has 0 fully saturated rings. The Morgan fingerprint density at radius 1 is 1.10 bits per heavy atom. The van der Waals surface area contributed by atoms with Crippen molar-refractivity contribution in [2.45, 2.75) is 46.7 Å². The molecule has 0 aliphatic carbocycles. The van der Waals surface area contributed by atoms with Crippen molar-refractivity contribution in [1.82, 2.24) is 15.2 Å². The summed E-state index contributed by atoms with van der Waals surface area (Å²) in [5, 5.41) is 5.03. The van der Waals surface area contributed by atoms with E-state index in [9.17, 15) is 4.79 Å². The van der Waals surface area contributed by atoms with Crippen LogP contribution in [-0.4, -0.2) is 28.7 Å². The number of hydrogen-bond donors (Lipinski definition) is 2. The second kappa shape index (κ2) is 10.4. The predicted molar refractivity (Wildman–Crippen MR) is 132 cm³/mol. The van der Waals surface area contributed by atoms with E-state index in [0.717, 1.165) is 41.6 Å². The third-order valence-corrected chi connectivity index (χ3v) is 5.93. The zero-order valence-electron chi connectivity index (χ0n) is 18.7. The number of methoxy groups -OCH3 is 1. The number of aromatic nitrogens is 1. The molecule has 0 aliphatic rings. The molecule has 0 amide bonds. The zero-order valence-corrected chi connectivity index (χ0v) is 19.6. The van der Waals surface area contributed by atoms with E-state index in [1.807, 2.05) is 41.3 Å². The van der Waals surface area contributed by atoms with E-state index in [4.69, 9.17) is 17.0 Å². The molecule has 2 aromatic carbocycles. The smallest absolute Gasteiger partial charge is 0.253 e. The van der Waals surface area contributed by atoms with Crippen LogP contribution in [-0.2, 0) is 13.1 Å². The van der Waals surface area contributed by atoms with Crippen LogP contribution in [0, 0.1) is 13.8 Å². The van der Waals surface area contributed by atoms with Crippen molar-refractivity contribution >= 4 is 28.2 Å². The molecule has 0 unspecified atom stereocenters. The van der Waals surface area contributed by atoms with Crippen molar-refractivity contribution < 1.29 is 4.74 Å². The summed E-state index contributed by atoms with van der Waals surface area (Å²) >= 11 is 5.69. The molecule has 0 aliphatic heterocycles. The highest BCUT2D eigenvalue weighted by molar-refractivity contribution is 7.80. The molecule has 0 saturated carbocycles. The molecular formula is C25H31N3O2S. The number of rotatable bonds is 8.